The smallest absolute Gasteiger partial charge is 0.110 e. The minimum atomic E-state index is 0.486. The van der Waals surface area contributed by atoms with E-state index in [0.717, 1.165) is 18.7 Å². The largest absolute Gasteiger partial charge is 0.308 e. The molecular formula is C8H7BrN2O. The van der Waals surface area contributed by atoms with Crippen molar-refractivity contribution in [1.82, 2.24) is 0 Å². The molecule has 0 aromatic heterocycles. The zero-order chi connectivity index (χ0) is 8.55. The Morgan fingerprint density at radius 2 is 2.33 bits per heavy atom. The van der Waals surface area contributed by atoms with Crippen LogP contribution in [-0.4, -0.2) is 6.54 Å². The summed E-state index contributed by atoms with van der Waals surface area (Å²) in [4.78, 5) is 10.2. The van der Waals surface area contributed by atoms with E-state index in [1.165, 1.54) is 5.56 Å². The second-order valence-corrected chi connectivity index (χ2v) is 3.60. The summed E-state index contributed by atoms with van der Waals surface area (Å²) in [7, 11) is 0. The third-order valence-corrected chi connectivity index (χ3v) is 2.75. The van der Waals surface area contributed by atoms with E-state index in [0.29, 0.717) is 5.69 Å². The summed E-state index contributed by atoms with van der Waals surface area (Å²) in [6.45, 7) is 0.956. The Hall–Kier alpha value is -0.900. The highest BCUT2D eigenvalue weighted by atomic mass is 79.9. The van der Waals surface area contributed by atoms with Gasteiger partial charge in [0.15, 0.2) is 0 Å². The molecule has 0 saturated heterocycles. The zero-order valence-electron chi connectivity index (χ0n) is 6.33. The predicted molar refractivity (Wildman–Crippen MR) is 51.9 cm³/mol. The van der Waals surface area contributed by atoms with Gasteiger partial charge in [0.05, 0.1) is 5.69 Å². The van der Waals surface area contributed by atoms with Crippen molar-refractivity contribution in [1.29, 1.82) is 0 Å². The molecular weight excluding hydrogens is 220 g/mol. The molecule has 4 heteroatoms. The topological polar surface area (TPSA) is 32.7 Å². The number of nitrogens with zero attached hydrogens (tertiary/aromatic N) is 2. The van der Waals surface area contributed by atoms with Crippen molar-refractivity contribution in [2.24, 2.45) is 5.18 Å². The van der Waals surface area contributed by atoms with Crippen molar-refractivity contribution in [3.05, 3.63) is 28.7 Å². The van der Waals surface area contributed by atoms with Gasteiger partial charge in [-0.05, 0) is 29.3 Å². The summed E-state index contributed by atoms with van der Waals surface area (Å²) in [5.74, 6) is 0. The molecule has 0 radical (unpaired) electrons. The first kappa shape index (κ1) is 7.73. The van der Waals surface area contributed by atoms with Crippen molar-refractivity contribution in [3.8, 4) is 0 Å². The van der Waals surface area contributed by atoms with Gasteiger partial charge in [-0.15, -0.1) is 4.91 Å². The van der Waals surface area contributed by atoms with Crippen LogP contribution < -0.4 is 3.93 Å². The summed E-state index contributed by atoms with van der Waals surface area (Å²) < 4.78 is 1.96. The Kier molecular flexibility index (Phi) is 1.84. The number of anilines is 1. The van der Waals surface area contributed by atoms with Crippen LogP contribution in [0.3, 0.4) is 0 Å². The lowest BCUT2D eigenvalue weighted by molar-refractivity contribution is 1.06. The van der Waals surface area contributed by atoms with E-state index < -0.39 is 0 Å². The van der Waals surface area contributed by atoms with Crippen LogP contribution in [0.4, 0.5) is 11.4 Å². The number of nitroso groups, excluding NO2 is 1. The maximum atomic E-state index is 10.2. The highest BCUT2D eigenvalue weighted by Gasteiger charge is 2.16. The second kappa shape index (κ2) is 2.86. The monoisotopic (exact) mass is 226 g/mol. The zero-order valence-corrected chi connectivity index (χ0v) is 7.91. The Labute approximate surface area is 78.7 Å². The minimum absolute atomic E-state index is 0.486. The lowest BCUT2D eigenvalue weighted by atomic mass is 10.1. The molecule has 0 bridgehead atoms. The van der Waals surface area contributed by atoms with E-state index in [1.54, 1.807) is 12.1 Å². The fraction of sp³-hybridized carbons (Fsp3) is 0.250. The van der Waals surface area contributed by atoms with Crippen molar-refractivity contribution >= 4 is 27.5 Å². The predicted octanol–water partition coefficient (Wildman–Crippen LogP) is 2.76. The van der Waals surface area contributed by atoms with Crippen LogP contribution in [0.25, 0.3) is 0 Å². The molecule has 1 aromatic rings. The molecule has 62 valence electrons. The van der Waals surface area contributed by atoms with Crippen LogP contribution in [0.15, 0.2) is 23.4 Å². The van der Waals surface area contributed by atoms with Gasteiger partial charge in [-0.3, -0.25) is 0 Å². The molecule has 0 atom stereocenters. The van der Waals surface area contributed by atoms with Crippen LogP contribution in [0.1, 0.15) is 5.56 Å². The number of halogens is 1. The molecule has 0 fully saturated rings. The van der Waals surface area contributed by atoms with Gasteiger partial charge in [0.1, 0.15) is 5.69 Å². The average Bonchev–Trinajstić information content (AvgIpc) is 2.47. The first-order valence-electron chi connectivity index (χ1n) is 3.71. The van der Waals surface area contributed by atoms with E-state index in [4.69, 9.17) is 0 Å². The fourth-order valence-electron chi connectivity index (χ4n) is 1.39. The van der Waals surface area contributed by atoms with Gasteiger partial charge >= 0.3 is 0 Å². The van der Waals surface area contributed by atoms with Crippen LogP contribution in [0.5, 0.6) is 0 Å². The molecule has 1 aliphatic heterocycles. The molecule has 2 rings (SSSR count). The highest BCUT2D eigenvalue weighted by molar-refractivity contribution is 9.10. The average molecular weight is 227 g/mol. The first-order valence-corrected chi connectivity index (χ1v) is 4.42. The standard InChI is InChI=1S/C8H7BrN2O/c9-11-4-3-6-1-2-7(10-12)5-8(6)11/h1-2,5H,3-4H2. The number of hydrogen-bond donors (Lipinski definition) is 0. The lowest BCUT2D eigenvalue weighted by Gasteiger charge is -2.07. The van der Waals surface area contributed by atoms with Gasteiger partial charge in [0.2, 0.25) is 0 Å². The van der Waals surface area contributed by atoms with E-state index in [2.05, 4.69) is 21.3 Å². The molecule has 3 nitrogen and oxygen atoms in total. The molecule has 0 unspecified atom stereocenters. The van der Waals surface area contributed by atoms with E-state index in [-0.39, 0.29) is 0 Å². The van der Waals surface area contributed by atoms with Gasteiger partial charge in [0.25, 0.3) is 0 Å². The Morgan fingerprint density at radius 1 is 1.50 bits per heavy atom. The summed E-state index contributed by atoms with van der Waals surface area (Å²) in [6, 6.07) is 5.50. The van der Waals surface area contributed by atoms with Crippen molar-refractivity contribution in [2.45, 2.75) is 6.42 Å². The number of benzene rings is 1. The number of fused-ring (bicyclic) bond motifs is 1. The Bertz CT molecular complexity index is 327. The van der Waals surface area contributed by atoms with E-state index in [9.17, 15) is 4.91 Å². The molecule has 1 aliphatic rings. The SMILES string of the molecule is O=Nc1ccc2c(c1)N(Br)CC2. The molecule has 12 heavy (non-hydrogen) atoms. The third-order valence-electron chi connectivity index (χ3n) is 2.01. The van der Waals surface area contributed by atoms with E-state index >= 15 is 0 Å². The van der Waals surface area contributed by atoms with Crippen LogP contribution in [0.2, 0.25) is 0 Å². The van der Waals surface area contributed by atoms with Crippen molar-refractivity contribution in [3.63, 3.8) is 0 Å². The van der Waals surface area contributed by atoms with Gasteiger partial charge in [-0.25, -0.2) is 0 Å². The minimum Gasteiger partial charge on any atom is -0.308 e. The quantitative estimate of drug-likeness (QED) is 0.545. The van der Waals surface area contributed by atoms with E-state index in [1.807, 2.05) is 9.99 Å². The second-order valence-electron chi connectivity index (χ2n) is 2.74. The maximum Gasteiger partial charge on any atom is 0.110 e. The Balaban J connectivity index is 2.50. The maximum absolute atomic E-state index is 10.2. The van der Waals surface area contributed by atoms with Crippen LogP contribution >= 0.6 is 16.1 Å². The molecule has 0 aliphatic carbocycles. The fourth-order valence-corrected chi connectivity index (χ4v) is 1.89. The van der Waals surface area contributed by atoms with Crippen LogP contribution in [-0.2, 0) is 6.42 Å². The normalized spacial score (nSPS) is 14.6. The van der Waals surface area contributed by atoms with Gasteiger partial charge < -0.3 is 3.93 Å². The number of rotatable bonds is 1. The molecule has 0 saturated carbocycles. The summed E-state index contributed by atoms with van der Waals surface area (Å²) in [5.41, 5.74) is 2.81. The van der Waals surface area contributed by atoms with Crippen molar-refractivity contribution < 1.29 is 0 Å². The third kappa shape index (κ3) is 1.12. The summed E-state index contributed by atoms with van der Waals surface area (Å²) in [5, 5.41) is 2.88. The first-order chi connectivity index (χ1) is 5.81. The van der Waals surface area contributed by atoms with Gasteiger partial charge in [-0.1, -0.05) is 6.07 Å². The molecule has 1 aromatic carbocycles. The molecule has 0 amide bonds. The Morgan fingerprint density at radius 3 is 3.08 bits per heavy atom. The van der Waals surface area contributed by atoms with Crippen LogP contribution in [0, 0.1) is 4.91 Å². The van der Waals surface area contributed by atoms with Gasteiger partial charge in [0, 0.05) is 22.7 Å². The van der Waals surface area contributed by atoms with Gasteiger partial charge in [-0.2, -0.15) is 0 Å². The lowest BCUT2D eigenvalue weighted by Crippen LogP contribution is -2.03. The summed E-state index contributed by atoms with van der Waals surface area (Å²) in [6.07, 6.45) is 1.03. The summed E-state index contributed by atoms with van der Waals surface area (Å²) >= 11 is 3.39. The number of hydrogen-bond acceptors (Lipinski definition) is 3. The highest BCUT2D eigenvalue weighted by Crippen LogP contribution is 2.33. The molecule has 0 N–H and O–H groups in total. The molecule has 1 heterocycles. The molecule has 0 spiro atoms. The van der Waals surface area contributed by atoms with Crippen molar-refractivity contribution in [2.75, 3.05) is 10.5 Å².